The van der Waals surface area contributed by atoms with Crippen molar-refractivity contribution < 1.29 is 62.8 Å². The molecule has 3 aliphatic rings. The lowest BCUT2D eigenvalue weighted by Gasteiger charge is -2.29. The maximum atomic E-state index is 13.7. The van der Waals surface area contributed by atoms with Gasteiger partial charge in [-0.05, 0) is 272 Å². The number of carboxylic acid groups (broad SMARTS) is 2. The summed E-state index contributed by atoms with van der Waals surface area (Å²) in [6, 6.07) is 62.4. The molecule has 5 amide bonds. The number of carboxylic acids is 2. The first-order chi connectivity index (χ1) is 67.4. The van der Waals surface area contributed by atoms with E-state index in [2.05, 4.69) is 133 Å². The number of aromatic nitrogens is 4. The van der Waals surface area contributed by atoms with Crippen molar-refractivity contribution in [3.8, 4) is 33.8 Å². The molecule has 0 saturated carbocycles. The van der Waals surface area contributed by atoms with Crippen LogP contribution in [0.15, 0.2) is 225 Å². The van der Waals surface area contributed by atoms with Crippen molar-refractivity contribution in [2.24, 2.45) is 0 Å². The highest BCUT2D eigenvalue weighted by Gasteiger charge is 2.27. The predicted octanol–water partition coefficient (Wildman–Crippen LogP) is 23.2. The van der Waals surface area contributed by atoms with Crippen molar-refractivity contribution in [3.05, 3.63) is 297 Å². The van der Waals surface area contributed by atoms with Gasteiger partial charge in [-0.2, -0.15) is 35.3 Å². The van der Waals surface area contributed by atoms with E-state index in [4.69, 9.17) is 14.6 Å². The number of amides is 5. The van der Waals surface area contributed by atoms with Gasteiger partial charge in [-0.25, -0.2) is 4.79 Å². The van der Waals surface area contributed by atoms with Crippen molar-refractivity contribution >= 4 is 123 Å². The van der Waals surface area contributed by atoms with Crippen LogP contribution in [0.4, 0.5) is 34.1 Å². The number of pyridine rings is 4. The molecule has 0 unspecified atom stereocenters. The van der Waals surface area contributed by atoms with Crippen LogP contribution in [0, 0.1) is 0 Å². The van der Waals surface area contributed by atoms with Crippen LogP contribution < -0.4 is 41.3 Å². The van der Waals surface area contributed by atoms with E-state index < -0.39 is 23.1 Å². The minimum absolute atomic E-state index is 0.0491. The highest BCUT2D eigenvalue weighted by molar-refractivity contribution is 7.99. The van der Waals surface area contributed by atoms with Crippen LogP contribution in [-0.4, -0.2) is 151 Å². The SMILES string of the molecule is CC(C)(C)OC(=O)CCSCc1cccc(C(=O)Nc2ccc(N3CCCCC3)cc2-c2cc(C(=O)NCc3ccc(C(C)(C)C)cc3)ccn2)c1.CC(C)(C)OC(=O)CCSCc1cccc(C(=O)Nc2ccc(N3CCCCC3)cc2-c2cc(C(=O)O)ccn2)c1.CC(C)(C)c1ccc(CNC(=O)c2ccnc(-c3cc(N4CCCCC4)ccc3NC(=O)c3cccc(CSCCC(=O)O)c3)c2)cn1. The van der Waals surface area contributed by atoms with Gasteiger partial charge in [-0.1, -0.05) is 108 Å². The monoisotopic (exact) mass is 1960 g/mol. The summed E-state index contributed by atoms with van der Waals surface area (Å²) < 4.78 is 10.8. The number of aliphatic carboxylic acids is 1. The average Bonchev–Trinajstić information content (AvgIpc) is 0.801. The van der Waals surface area contributed by atoms with E-state index in [0.29, 0.717) is 128 Å². The third kappa shape index (κ3) is 33.5. The van der Waals surface area contributed by atoms with E-state index in [9.17, 15) is 48.3 Å². The molecule has 7 aromatic carbocycles. The summed E-state index contributed by atoms with van der Waals surface area (Å²) in [5.74, 6) is 0.221. The summed E-state index contributed by atoms with van der Waals surface area (Å²) in [5, 5.41) is 33.7. The number of nitrogens with one attached hydrogen (secondary N) is 5. The third-order valence-corrected chi connectivity index (χ3v) is 26.8. The predicted molar refractivity (Wildman–Crippen MR) is 569 cm³/mol. The van der Waals surface area contributed by atoms with Gasteiger partial charge in [-0.3, -0.25) is 58.3 Å². The molecule has 7 N–H and O–H groups in total. The second-order valence-electron chi connectivity index (χ2n) is 39.5. The number of rotatable bonds is 34. The van der Waals surface area contributed by atoms with E-state index in [-0.39, 0.29) is 64.3 Å². The Labute approximate surface area is 841 Å². The fraction of sp³-hybridized carbons (Fsp3) is 0.372. The lowest BCUT2D eigenvalue weighted by molar-refractivity contribution is -0.155. The molecule has 0 spiro atoms. The number of ether oxygens (including phenoxy) is 2. The average molecular weight is 1960 g/mol. The molecule has 740 valence electrons. The molecular weight excluding hydrogens is 1830 g/mol. The summed E-state index contributed by atoms with van der Waals surface area (Å²) in [6.45, 7) is 30.6. The Balaban J connectivity index is 0.000000190. The maximum absolute atomic E-state index is 13.7. The molecule has 25 nitrogen and oxygen atoms in total. The quantitative estimate of drug-likeness (QED) is 0.0145. The minimum Gasteiger partial charge on any atom is -0.481 e. The van der Waals surface area contributed by atoms with Gasteiger partial charge < -0.3 is 61.0 Å². The highest BCUT2D eigenvalue weighted by atomic mass is 32.2. The zero-order valence-corrected chi connectivity index (χ0v) is 85.4. The Morgan fingerprint density at radius 2 is 0.681 bits per heavy atom. The Hall–Kier alpha value is -13.2. The molecule has 3 fully saturated rings. The van der Waals surface area contributed by atoms with Crippen molar-refractivity contribution in [2.75, 3.05) is 87.2 Å². The smallest absolute Gasteiger partial charge is 0.335 e. The zero-order chi connectivity index (χ0) is 101. The van der Waals surface area contributed by atoms with Gasteiger partial charge in [-0.15, -0.1) is 0 Å². The topological polar surface area (TPSA) is 334 Å². The fourth-order valence-corrected chi connectivity index (χ4v) is 18.9. The second-order valence-corrected chi connectivity index (χ2v) is 42.8. The molecule has 0 aliphatic carbocycles. The highest BCUT2D eigenvalue weighted by Crippen LogP contribution is 2.39. The van der Waals surface area contributed by atoms with Crippen LogP contribution in [0.3, 0.4) is 0 Å². The molecular formula is C113H132N12O13S3. The number of hydrogen-bond donors (Lipinski definition) is 7. The number of thioether (sulfide) groups is 3. The van der Waals surface area contributed by atoms with Crippen LogP contribution in [0.25, 0.3) is 33.8 Å². The Bertz CT molecular complexity index is 6170. The van der Waals surface area contributed by atoms with Gasteiger partial charge >= 0.3 is 23.9 Å². The number of benzene rings is 7. The largest absolute Gasteiger partial charge is 0.481 e. The van der Waals surface area contributed by atoms with Crippen molar-refractivity contribution in [3.63, 3.8) is 0 Å². The minimum atomic E-state index is -1.04. The first-order valence-corrected chi connectivity index (χ1v) is 51.9. The Morgan fingerprint density at radius 1 is 0.340 bits per heavy atom. The molecule has 0 bridgehead atoms. The Morgan fingerprint density at radius 3 is 1.01 bits per heavy atom. The summed E-state index contributed by atoms with van der Waals surface area (Å²) in [6.07, 6.45) is 17.7. The summed E-state index contributed by atoms with van der Waals surface area (Å²) >= 11 is 4.76. The lowest BCUT2D eigenvalue weighted by Crippen LogP contribution is -2.29. The standard InChI is InChI=1S/C43H52N4O4S.C38H43N5O4S.C32H37N3O5S/c1-42(2,3)34-15-13-30(14-16-34)28-45-40(49)33-19-21-44-38(26-33)36-27-35(47-22-8-7-9-23-47)17-18-37(36)46-41(50)32-12-10-11-31(25-32)29-52-24-20-39(48)51-43(4,5)6;1-38(2,3)34-13-10-27(23-40-34)24-41-36(46)29-14-16-39-33(21-29)31-22-30(43-17-5-4-6-18-43)11-12-32(31)42-37(47)28-9-7-8-26(20-28)25-48-19-15-35(44)45;1-32(2,3)40-29(36)13-17-41-21-22-8-7-9-23(18-22)30(37)34-27-11-10-25(35-15-5-4-6-16-35)20-26(27)28-19-24(31(38)39)12-14-33-28/h10-19,21,25-27H,7-9,20,22-24,28-29H2,1-6H3,(H,45,49)(H,46,50);7-14,16,20-23H,4-6,15,17-19,24-25H2,1-3H3,(H,41,46)(H,42,47)(H,44,45);7-12,14,18-20H,4-6,13,15-17,21H2,1-3H3,(H,34,37)(H,38,39). The normalized spacial score (nSPS) is 13.3. The molecule has 0 atom stereocenters. The van der Waals surface area contributed by atoms with Gasteiger partial charge in [0.2, 0.25) is 0 Å². The molecule has 141 heavy (non-hydrogen) atoms. The first-order valence-electron chi connectivity index (χ1n) is 48.4. The number of esters is 2. The van der Waals surface area contributed by atoms with E-state index in [1.54, 1.807) is 84.6 Å². The number of aromatic carboxylic acids is 1. The van der Waals surface area contributed by atoms with E-state index in [1.165, 1.54) is 54.9 Å². The van der Waals surface area contributed by atoms with Gasteiger partial charge in [0, 0.05) is 184 Å². The maximum Gasteiger partial charge on any atom is 0.335 e. The van der Waals surface area contributed by atoms with Crippen LogP contribution in [0.5, 0.6) is 0 Å². The van der Waals surface area contributed by atoms with Crippen molar-refractivity contribution in [2.45, 2.75) is 213 Å². The molecule has 7 heterocycles. The zero-order valence-electron chi connectivity index (χ0n) is 83.0. The van der Waals surface area contributed by atoms with Gasteiger partial charge in [0.15, 0.2) is 0 Å². The number of nitrogens with zero attached hydrogens (tertiary/aromatic N) is 7. The van der Waals surface area contributed by atoms with E-state index >= 15 is 0 Å². The number of carbonyl (C=O) groups excluding carboxylic acids is 7. The van der Waals surface area contributed by atoms with Gasteiger partial charge in [0.1, 0.15) is 11.2 Å². The summed E-state index contributed by atoms with van der Waals surface area (Å²) in [5.41, 5.74) is 17.5. The molecule has 0 radical (unpaired) electrons. The van der Waals surface area contributed by atoms with Gasteiger partial charge in [0.05, 0.1) is 59.0 Å². The third-order valence-electron chi connectivity index (χ3n) is 23.7. The molecule has 3 saturated heterocycles. The molecule has 11 aromatic rings. The van der Waals surface area contributed by atoms with Crippen LogP contribution in [0.2, 0.25) is 0 Å². The van der Waals surface area contributed by atoms with E-state index in [1.807, 2.05) is 157 Å². The summed E-state index contributed by atoms with van der Waals surface area (Å²) in [4.78, 5) is 139. The van der Waals surface area contributed by atoms with Crippen LogP contribution in [-0.2, 0) is 65.0 Å². The molecule has 4 aromatic heterocycles. The molecule has 14 rings (SSSR count). The van der Waals surface area contributed by atoms with Crippen LogP contribution in [0.1, 0.15) is 261 Å². The number of piperidine rings is 3. The molecule has 3 aliphatic heterocycles. The number of anilines is 6. The number of hydrogen-bond acceptors (Lipinski definition) is 21. The Kier molecular flexibility index (Phi) is 38.4. The van der Waals surface area contributed by atoms with Crippen LogP contribution >= 0.6 is 35.3 Å². The lowest BCUT2D eigenvalue weighted by atomic mass is 9.87. The first kappa shape index (κ1) is 107. The molecule has 28 heteroatoms. The van der Waals surface area contributed by atoms with Gasteiger partial charge in [0.25, 0.3) is 29.5 Å². The second kappa shape index (κ2) is 50.8. The van der Waals surface area contributed by atoms with E-state index in [0.717, 1.165) is 139 Å². The van der Waals surface area contributed by atoms with Crippen molar-refractivity contribution in [1.82, 2.24) is 30.6 Å². The summed E-state index contributed by atoms with van der Waals surface area (Å²) in [7, 11) is 0. The van der Waals surface area contributed by atoms with Crippen molar-refractivity contribution in [1.29, 1.82) is 0 Å². The number of carbonyl (C=O) groups is 9. The fourth-order valence-electron chi connectivity index (χ4n) is 16.2.